The number of hydrogen-bond donors (Lipinski definition) is 0. The number of ether oxygens (including phenoxy) is 1. The highest BCUT2D eigenvalue weighted by atomic mass is 19.4. The van der Waals surface area contributed by atoms with Crippen LogP contribution in [0.5, 0.6) is 0 Å². The zero-order valence-electron chi connectivity index (χ0n) is 24.2. The number of nitrogens with zero attached hydrogens (tertiary/aromatic N) is 1. The third kappa shape index (κ3) is 5.96. The second kappa shape index (κ2) is 11.2. The number of anilines is 3. The Hall–Kier alpha value is -4.53. The summed E-state index contributed by atoms with van der Waals surface area (Å²) >= 11 is 0. The molecule has 0 aliphatic heterocycles. The Morgan fingerprint density at radius 2 is 1.32 bits per heavy atom. The lowest BCUT2D eigenvalue weighted by molar-refractivity contribution is -0.143. The van der Waals surface area contributed by atoms with Gasteiger partial charge in [0.05, 0.1) is 17.7 Å². The fraction of sp³-hybridized carbons (Fsp3) is 0.229. The summed E-state index contributed by atoms with van der Waals surface area (Å²) in [5.41, 5.74) is 2.18. The van der Waals surface area contributed by atoms with E-state index in [0.29, 0.717) is 17.8 Å². The maximum atomic E-state index is 13.9. The van der Waals surface area contributed by atoms with Crippen molar-refractivity contribution >= 4 is 23.0 Å². The van der Waals surface area contributed by atoms with Crippen molar-refractivity contribution in [2.75, 3.05) is 11.5 Å². The Kier molecular flexibility index (Phi) is 7.86. The fourth-order valence-electron chi connectivity index (χ4n) is 5.54. The standard InChI is InChI=1S/C35H29F6NO2/c1-21(2)32(43)44-16-15-22-9-11-25(12-10-22)42(27-18-23(34(36,37)38)17-24(19-27)35(39,40)41)26-13-14-29-28-7-5-6-8-30(28)33(3,4)31(29)20-26/h5-14,17-20H,1,15-16H2,2-4H3. The maximum absolute atomic E-state index is 13.9. The maximum Gasteiger partial charge on any atom is 0.416 e. The highest BCUT2D eigenvalue weighted by molar-refractivity contribution is 5.87. The van der Waals surface area contributed by atoms with E-state index >= 15 is 0 Å². The molecule has 1 aliphatic rings. The van der Waals surface area contributed by atoms with E-state index < -0.39 is 34.9 Å². The molecule has 0 saturated heterocycles. The molecule has 0 fully saturated rings. The van der Waals surface area contributed by atoms with Gasteiger partial charge in [-0.15, -0.1) is 0 Å². The lowest BCUT2D eigenvalue weighted by Gasteiger charge is -2.29. The molecular weight excluding hydrogens is 580 g/mol. The van der Waals surface area contributed by atoms with Crippen molar-refractivity contribution < 1.29 is 35.9 Å². The van der Waals surface area contributed by atoms with Gasteiger partial charge in [0.2, 0.25) is 0 Å². The number of halogens is 6. The molecule has 0 amide bonds. The molecule has 1 aliphatic carbocycles. The second-order valence-electron chi connectivity index (χ2n) is 11.3. The minimum absolute atomic E-state index is 0.0811. The van der Waals surface area contributed by atoms with Crippen LogP contribution in [-0.4, -0.2) is 12.6 Å². The highest BCUT2D eigenvalue weighted by Crippen LogP contribution is 2.51. The summed E-state index contributed by atoms with van der Waals surface area (Å²) in [5, 5.41) is 0. The Labute approximate surface area is 251 Å². The summed E-state index contributed by atoms with van der Waals surface area (Å²) in [6.45, 7) is 9.21. The van der Waals surface area contributed by atoms with Crippen LogP contribution in [0, 0.1) is 0 Å². The average Bonchev–Trinajstić information content (AvgIpc) is 3.19. The van der Waals surface area contributed by atoms with Crippen LogP contribution in [-0.2, 0) is 33.7 Å². The summed E-state index contributed by atoms with van der Waals surface area (Å²) in [4.78, 5) is 13.1. The lowest BCUT2D eigenvalue weighted by Crippen LogP contribution is -2.18. The van der Waals surface area contributed by atoms with E-state index in [1.54, 1.807) is 30.3 Å². The number of alkyl halides is 6. The van der Waals surface area contributed by atoms with Gasteiger partial charge in [0.25, 0.3) is 0 Å². The van der Waals surface area contributed by atoms with Gasteiger partial charge in [-0.1, -0.05) is 62.9 Å². The van der Waals surface area contributed by atoms with Gasteiger partial charge in [0.15, 0.2) is 0 Å². The van der Waals surface area contributed by atoms with Crippen LogP contribution in [0.25, 0.3) is 11.1 Å². The highest BCUT2D eigenvalue weighted by Gasteiger charge is 2.39. The van der Waals surface area contributed by atoms with Crippen molar-refractivity contribution in [1.82, 2.24) is 0 Å². The molecule has 44 heavy (non-hydrogen) atoms. The molecule has 0 aromatic heterocycles. The summed E-state index contributed by atoms with van der Waals surface area (Å²) in [6, 6.07) is 21.5. The van der Waals surface area contributed by atoms with E-state index in [1.165, 1.54) is 11.8 Å². The first-order chi connectivity index (χ1) is 20.6. The number of esters is 1. The van der Waals surface area contributed by atoms with E-state index in [9.17, 15) is 31.1 Å². The normalized spacial score (nSPS) is 13.7. The average molecular weight is 610 g/mol. The van der Waals surface area contributed by atoms with Crippen molar-refractivity contribution in [3.63, 3.8) is 0 Å². The van der Waals surface area contributed by atoms with Crippen LogP contribution in [0.15, 0.2) is 97.1 Å². The molecule has 0 heterocycles. The number of benzene rings is 4. The predicted molar refractivity (Wildman–Crippen MR) is 158 cm³/mol. The number of carbonyl (C=O) groups excluding carboxylic acids is 1. The largest absolute Gasteiger partial charge is 0.462 e. The van der Waals surface area contributed by atoms with Crippen molar-refractivity contribution in [3.8, 4) is 11.1 Å². The summed E-state index contributed by atoms with van der Waals surface area (Å²) in [7, 11) is 0. The van der Waals surface area contributed by atoms with Crippen LogP contribution in [0.3, 0.4) is 0 Å². The quantitative estimate of drug-likeness (QED) is 0.119. The Morgan fingerprint density at radius 3 is 1.91 bits per heavy atom. The van der Waals surface area contributed by atoms with E-state index in [-0.39, 0.29) is 23.9 Å². The van der Waals surface area contributed by atoms with E-state index in [2.05, 4.69) is 6.58 Å². The molecule has 0 spiro atoms. The van der Waals surface area contributed by atoms with Gasteiger partial charge in [-0.2, -0.15) is 26.3 Å². The molecular formula is C35H29F6NO2. The van der Waals surface area contributed by atoms with Gasteiger partial charge in [-0.3, -0.25) is 0 Å². The predicted octanol–water partition coefficient (Wildman–Crippen LogP) is 10.2. The van der Waals surface area contributed by atoms with Gasteiger partial charge in [-0.05, 0) is 77.2 Å². The summed E-state index contributed by atoms with van der Waals surface area (Å²) < 4.78 is 88.5. The van der Waals surface area contributed by atoms with Crippen LogP contribution in [0.1, 0.15) is 48.6 Å². The zero-order valence-corrected chi connectivity index (χ0v) is 24.2. The number of rotatable bonds is 7. The first-order valence-corrected chi connectivity index (χ1v) is 13.8. The van der Waals surface area contributed by atoms with Crippen LogP contribution in [0.2, 0.25) is 0 Å². The third-order valence-electron chi connectivity index (χ3n) is 7.82. The molecule has 0 bridgehead atoms. The number of fused-ring (bicyclic) bond motifs is 3. The summed E-state index contributed by atoms with van der Waals surface area (Å²) in [6.07, 6.45) is -9.66. The molecule has 4 aromatic rings. The van der Waals surface area contributed by atoms with Crippen molar-refractivity contribution in [1.29, 1.82) is 0 Å². The minimum Gasteiger partial charge on any atom is -0.462 e. The van der Waals surface area contributed by atoms with Gasteiger partial charge < -0.3 is 9.64 Å². The first-order valence-electron chi connectivity index (χ1n) is 13.8. The molecule has 0 N–H and O–H groups in total. The molecule has 0 saturated carbocycles. The minimum atomic E-state index is -5.01. The molecule has 9 heteroatoms. The molecule has 4 aromatic carbocycles. The lowest BCUT2D eigenvalue weighted by atomic mass is 9.82. The molecule has 0 unspecified atom stereocenters. The second-order valence-corrected chi connectivity index (χ2v) is 11.3. The Balaban J connectivity index is 1.63. The van der Waals surface area contributed by atoms with E-state index in [1.807, 2.05) is 50.2 Å². The molecule has 0 atom stereocenters. The van der Waals surface area contributed by atoms with Gasteiger partial charge >= 0.3 is 18.3 Å². The van der Waals surface area contributed by atoms with Crippen LogP contribution < -0.4 is 4.90 Å². The van der Waals surface area contributed by atoms with Crippen molar-refractivity contribution in [2.45, 2.75) is 45.0 Å². The fourth-order valence-corrected chi connectivity index (χ4v) is 5.54. The van der Waals surface area contributed by atoms with Crippen LogP contribution in [0.4, 0.5) is 43.4 Å². The monoisotopic (exact) mass is 609 g/mol. The molecule has 228 valence electrons. The van der Waals surface area contributed by atoms with E-state index in [0.717, 1.165) is 39.9 Å². The van der Waals surface area contributed by atoms with Crippen molar-refractivity contribution in [2.24, 2.45) is 0 Å². The molecule has 0 radical (unpaired) electrons. The van der Waals surface area contributed by atoms with Crippen molar-refractivity contribution in [3.05, 3.63) is 125 Å². The number of carbonyl (C=O) groups is 1. The van der Waals surface area contributed by atoms with E-state index in [4.69, 9.17) is 4.74 Å². The Bertz CT molecular complexity index is 1700. The van der Waals surface area contributed by atoms with Gasteiger partial charge in [0.1, 0.15) is 0 Å². The third-order valence-corrected chi connectivity index (χ3v) is 7.82. The van der Waals surface area contributed by atoms with Gasteiger partial charge in [-0.25, -0.2) is 4.79 Å². The molecule has 5 rings (SSSR count). The summed E-state index contributed by atoms with van der Waals surface area (Å²) in [5.74, 6) is -0.528. The smallest absolute Gasteiger partial charge is 0.416 e. The number of hydrogen-bond acceptors (Lipinski definition) is 3. The van der Waals surface area contributed by atoms with Crippen LogP contribution >= 0.6 is 0 Å². The topological polar surface area (TPSA) is 29.5 Å². The SMILES string of the molecule is C=C(C)C(=O)OCCc1ccc(N(c2cc(C(F)(F)F)cc(C(F)(F)F)c2)c2ccc3c(c2)C(C)(C)c2ccccc2-3)cc1. The molecule has 3 nitrogen and oxygen atoms in total. The van der Waals surface area contributed by atoms with Gasteiger partial charge in [0, 0.05) is 34.5 Å². The first kappa shape index (κ1) is 30.9. The zero-order chi connectivity index (χ0) is 32.0. The Morgan fingerprint density at radius 1 is 0.750 bits per heavy atom.